The molecule has 2 heterocycles. The van der Waals surface area contributed by atoms with Crippen LogP contribution in [0.25, 0.3) is 0 Å². The molecule has 70 valence electrons. The predicted octanol–water partition coefficient (Wildman–Crippen LogP) is -1.33. The molecule has 1 aromatic heterocycles. The van der Waals surface area contributed by atoms with E-state index in [1.807, 2.05) is 0 Å². The van der Waals surface area contributed by atoms with Crippen LogP contribution in [-0.4, -0.2) is 28.9 Å². The fraction of sp³-hybridized carbons (Fsp3) is 0.333. The van der Waals surface area contributed by atoms with E-state index in [9.17, 15) is 14.8 Å². The van der Waals surface area contributed by atoms with E-state index in [0.29, 0.717) is 0 Å². The van der Waals surface area contributed by atoms with Crippen LogP contribution in [0.1, 0.15) is 0 Å². The zero-order valence-corrected chi connectivity index (χ0v) is 6.87. The third-order valence-electron chi connectivity index (χ3n) is 1.88. The van der Waals surface area contributed by atoms with Gasteiger partial charge in [0.25, 0.3) is 5.56 Å². The number of hydrogen-bond donors (Lipinski definition) is 3. The number of nitrogens with one attached hydrogen (secondary N) is 2. The summed E-state index contributed by atoms with van der Waals surface area (Å²) in [5, 5.41) is 10.1. The lowest BCUT2D eigenvalue weighted by Crippen LogP contribution is -2.27. The number of aromatic amines is 2. The van der Waals surface area contributed by atoms with Crippen LogP contribution in [0.2, 0.25) is 0 Å². The van der Waals surface area contributed by atoms with Gasteiger partial charge in [0.05, 0.1) is 0 Å². The van der Waals surface area contributed by atoms with Gasteiger partial charge in [-0.1, -0.05) is 0 Å². The molecule has 1 aromatic rings. The largest absolute Gasteiger partial charge is 0.347 e. The van der Waals surface area contributed by atoms with Crippen LogP contribution in [-0.2, 0) is 0 Å². The van der Waals surface area contributed by atoms with Crippen LogP contribution in [0.5, 0.6) is 0 Å². The second-order valence-corrected chi connectivity index (χ2v) is 2.84. The fourth-order valence-electron chi connectivity index (χ4n) is 1.35. The number of fused-ring (bicyclic) bond motifs is 1. The van der Waals surface area contributed by atoms with Crippen molar-refractivity contribution in [2.24, 2.45) is 0 Å². The summed E-state index contributed by atoms with van der Waals surface area (Å²) in [5.41, 5.74) is -0.863. The molecule has 0 atom stereocenters. The Morgan fingerprint density at radius 3 is 2.77 bits per heavy atom. The minimum atomic E-state index is -0.627. The number of anilines is 2. The van der Waals surface area contributed by atoms with E-state index in [2.05, 4.69) is 9.97 Å². The zero-order valence-electron chi connectivity index (χ0n) is 6.87. The van der Waals surface area contributed by atoms with Gasteiger partial charge in [-0.05, 0) is 0 Å². The zero-order chi connectivity index (χ0) is 9.59. The Kier molecular flexibility index (Phi) is 1.43. The van der Waals surface area contributed by atoms with Gasteiger partial charge in [-0.15, -0.1) is 0 Å². The maximum Gasteiger partial charge on any atom is 0.327 e. The molecule has 0 saturated carbocycles. The van der Waals surface area contributed by atoms with Crippen molar-refractivity contribution in [3.8, 4) is 0 Å². The molecule has 3 N–H and O–H groups in total. The van der Waals surface area contributed by atoms with E-state index >= 15 is 0 Å². The molecule has 1 aliphatic heterocycles. The molecule has 13 heavy (non-hydrogen) atoms. The molecular formula is C6H8N4O3. The monoisotopic (exact) mass is 184 g/mol. The third-order valence-corrected chi connectivity index (χ3v) is 1.88. The highest BCUT2D eigenvalue weighted by atomic mass is 16.5. The molecule has 0 unspecified atom stereocenters. The van der Waals surface area contributed by atoms with Crippen molar-refractivity contribution < 1.29 is 5.21 Å². The maximum absolute atomic E-state index is 11.2. The van der Waals surface area contributed by atoms with Crippen molar-refractivity contribution in [1.82, 2.24) is 9.97 Å². The van der Waals surface area contributed by atoms with Crippen LogP contribution in [0.3, 0.4) is 0 Å². The Morgan fingerprint density at radius 2 is 2.08 bits per heavy atom. The average Bonchev–Trinajstić information content (AvgIpc) is 2.27. The first kappa shape index (κ1) is 7.87. The third kappa shape index (κ3) is 1.01. The smallest absolute Gasteiger partial charge is 0.327 e. The summed E-state index contributed by atoms with van der Waals surface area (Å²) in [4.78, 5) is 28.0. The first-order valence-electron chi connectivity index (χ1n) is 3.64. The summed E-state index contributed by atoms with van der Waals surface area (Å²) in [5.74, 6) is 0.135. The van der Waals surface area contributed by atoms with Crippen molar-refractivity contribution in [2.75, 3.05) is 23.7 Å². The minimum Gasteiger partial charge on any atom is -0.347 e. The van der Waals surface area contributed by atoms with Crippen molar-refractivity contribution in [3.63, 3.8) is 0 Å². The number of hydroxylamine groups is 1. The summed E-state index contributed by atoms with van der Waals surface area (Å²) < 4.78 is 0. The van der Waals surface area contributed by atoms with Crippen molar-refractivity contribution >= 4 is 11.5 Å². The molecule has 1 aliphatic rings. The molecule has 7 heteroatoms. The van der Waals surface area contributed by atoms with E-state index in [-0.39, 0.29) is 18.2 Å². The Labute approximate surface area is 72.2 Å². The summed E-state index contributed by atoms with van der Waals surface area (Å²) in [7, 11) is 1.64. The predicted molar refractivity (Wildman–Crippen MR) is 45.2 cm³/mol. The number of H-pyrrole nitrogens is 2. The van der Waals surface area contributed by atoms with Gasteiger partial charge in [0, 0.05) is 7.05 Å². The molecule has 0 aromatic carbocycles. The van der Waals surface area contributed by atoms with Crippen molar-refractivity contribution in [1.29, 1.82) is 0 Å². The first-order chi connectivity index (χ1) is 6.09. The van der Waals surface area contributed by atoms with Crippen LogP contribution in [0.15, 0.2) is 9.59 Å². The molecule has 2 rings (SSSR count). The van der Waals surface area contributed by atoms with E-state index < -0.39 is 11.2 Å². The number of hydrogen-bond acceptors (Lipinski definition) is 5. The van der Waals surface area contributed by atoms with Crippen LogP contribution in [0.4, 0.5) is 11.5 Å². The quantitative estimate of drug-likeness (QED) is 0.464. The van der Waals surface area contributed by atoms with Gasteiger partial charge in [0.15, 0.2) is 5.82 Å². The number of rotatable bonds is 0. The van der Waals surface area contributed by atoms with Gasteiger partial charge >= 0.3 is 5.69 Å². The van der Waals surface area contributed by atoms with Crippen LogP contribution >= 0.6 is 0 Å². The number of aromatic nitrogens is 2. The van der Waals surface area contributed by atoms with Gasteiger partial charge < -0.3 is 4.90 Å². The molecule has 0 saturated heterocycles. The Balaban J connectivity index is 2.77. The molecule has 0 radical (unpaired) electrons. The summed E-state index contributed by atoms with van der Waals surface area (Å²) in [6.45, 7) is 0.165. The summed E-state index contributed by atoms with van der Waals surface area (Å²) >= 11 is 0. The van der Waals surface area contributed by atoms with Gasteiger partial charge in [-0.3, -0.25) is 20.0 Å². The van der Waals surface area contributed by atoms with Gasteiger partial charge in [0.2, 0.25) is 0 Å². The second kappa shape index (κ2) is 2.36. The Bertz CT molecular complexity index is 448. The molecule has 0 fully saturated rings. The van der Waals surface area contributed by atoms with Crippen molar-refractivity contribution in [3.05, 3.63) is 20.8 Å². The second-order valence-electron chi connectivity index (χ2n) is 2.84. The van der Waals surface area contributed by atoms with Crippen molar-refractivity contribution in [2.45, 2.75) is 0 Å². The Hall–Kier alpha value is -1.76. The standard InChI is InChI=1S/C6H8N4O3/c1-9-2-10(13)4-3(9)5(11)8-6(12)7-4/h13H,2H2,1H3,(H2,7,8,11,12). The lowest BCUT2D eigenvalue weighted by atomic mass is 10.5. The highest BCUT2D eigenvalue weighted by molar-refractivity contribution is 5.68. The fourth-order valence-corrected chi connectivity index (χ4v) is 1.35. The first-order valence-corrected chi connectivity index (χ1v) is 3.64. The van der Waals surface area contributed by atoms with Crippen LogP contribution in [0, 0.1) is 0 Å². The lowest BCUT2D eigenvalue weighted by Gasteiger charge is -2.08. The molecular weight excluding hydrogens is 176 g/mol. The molecule has 7 nitrogen and oxygen atoms in total. The van der Waals surface area contributed by atoms with Gasteiger partial charge in [-0.2, -0.15) is 0 Å². The Morgan fingerprint density at radius 1 is 1.38 bits per heavy atom. The molecule has 0 bridgehead atoms. The molecule has 0 amide bonds. The van der Waals surface area contributed by atoms with E-state index in [1.54, 1.807) is 7.05 Å². The normalized spacial score (nSPS) is 14.9. The highest BCUT2D eigenvalue weighted by Gasteiger charge is 2.26. The van der Waals surface area contributed by atoms with Crippen LogP contribution < -0.4 is 21.2 Å². The summed E-state index contributed by atoms with van der Waals surface area (Å²) in [6.07, 6.45) is 0. The van der Waals surface area contributed by atoms with E-state index in [1.165, 1.54) is 4.90 Å². The maximum atomic E-state index is 11.2. The van der Waals surface area contributed by atoms with E-state index in [4.69, 9.17) is 0 Å². The average molecular weight is 184 g/mol. The number of nitrogens with zero attached hydrogens (tertiary/aromatic N) is 2. The molecule has 0 spiro atoms. The highest BCUT2D eigenvalue weighted by Crippen LogP contribution is 2.25. The topological polar surface area (TPSA) is 92.4 Å². The van der Waals surface area contributed by atoms with Gasteiger partial charge in [0.1, 0.15) is 12.4 Å². The SMILES string of the molecule is CN1CN(O)c2[nH]c(=O)[nH]c(=O)c21. The van der Waals surface area contributed by atoms with Gasteiger partial charge in [-0.25, -0.2) is 9.86 Å². The molecule has 0 aliphatic carbocycles. The minimum absolute atomic E-state index is 0.135. The van der Waals surface area contributed by atoms with E-state index in [0.717, 1.165) is 5.06 Å². The summed E-state index contributed by atoms with van der Waals surface area (Å²) in [6, 6.07) is 0. The lowest BCUT2D eigenvalue weighted by molar-refractivity contribution is 0.260.